The fourth-order valence-corrected chi connectivity index (χ4v) is 2.46. The molecule has 1 aromatic heterocycles. The molecule has 100 valence electrons. The normalized spacial score (nSPS) is 11.4. The molecule has 0 aliphatic rings. The number of hydrogen-bond acceptors (Lipinski definition) is 5. The number of aromatic nitrogens is 3. The minimum Gasteiger partial charge on any atom is -0.364 e. The maximum absolute atomic E-state index is 11.2. The molecule has 0 saturated heterocycles. The molecule has 7 nitrogen and oxygen atoms in total. The maximum Gasteiger partial charge on any atom is 0.271 e. The summed E-state index contributed by atoms with van der Waals surface area (Å²) in [5.74, 6) is -0.710. The van der Waals surface area contributed by atoms with Crippen molar-refractivity contribution in [2.75, 3.05) is 6.26 Å². The lowest BCUT2D eigenvalue weighted by Gasteiger charge is -2.02. The number of H-pyrrole nitrogens is 1. The second kappa shape index (κ2) is 4.81. The highest BCUT2D eigenvalue weighted by molar-refractivity contribution is 7.89. The summed E-state index contributed by atoms with van der Waals surface area (Å²) in [6.45, 7) is 0. The molecule has 0 atom stereocenters. The van der Waals surface area contributed by atoms with Crippen LogP contribution in [0.5, 0.6) is 0 Å². The van der Waals surface area contributed by atoms with Crippen molar-refractivity contribution in [3.63, 3.8) is 0 Å². The number of amides is 1. The molecule has 0 radical (unpaired) electrons. The number of carbonyl (C=O) groups is 1. The highest BCUT2D eigenvalue weighted by atomic mass is 32.2. The van der Waals surface area contributed by atoms with Gasteiger partial charge in [0.15, 0.2) is 15.5 Å². The number of hydrogen-bond donors (Lipinski definition) is 2. The van der Waals surface area contributed by atoms with Crippen molar-refractivity contribution < 1.29 is 13.2 Å². The summed E-state index contributed by atoms with van der Waals surface area (Å²) in [5.41, 5.74) is 6.87. The number of aromatic amines is 1. The van der Waals surface area contributed by atoms with Crippen molar-refractivity contribution in [1.82, 2.24) is 15.4 Å². The van der Waals surface area contributed by atoms with Gasteiger partial charge in [-0.3, -0.25) is 4.79 Å². The Kier molecular flexibility index (Phi) is 3.34. The lowest BCUT2D eigenvalue weighted by Crippen LogP contribution is -2.12. The van der Waals surface area contributed by atoms with Crippen LogP contribution in [0.1, 0.15) is 16.1 Å². The summed E-state index contributed by atoms with van der Waals surface area (Å²) in [7, 11) is -3.07. The predicted molar refractivity (Wildman–Crippen MR) is 68.9 cm³/mol. The van der Waals surface area contributed by atoms with E-state index in [4.69, 9.17) is 5.73 Å². The quantitative estimate of drug-likeness (QED) is 0.824. The third-order valence-corrected chi connectivity index (χ3v) is 3.30. The zero-order chi connectivity index (χ0) is 14.0. The van der Waals surface area contributed by atoms with Crippen LogP contribution in [-0.2, 0) is 15.6 Å². The van der Waals surface area contributed by atoms with E-state index in [0.717, 1.165) is 0 Å². The predicted octanol–water partition coefficient (Wildman–Crippen LogP) is 0.115. The third kappa shape index (κ3) is 3.16. The van der Waals surface area contributed by atoms with E-state index >= 15 is 0 Å². The zero-order valence-corrected chi connectivity index (χ0v) is 10.9. The highest BCUT2D eigenvalue weighted by Crippen LogP contribution is 2.20. The summed E-state index contributed by atoms with van der Waals surface area (Å²) in [4.78, 5) is 11.1. The molecule has 1 heterocycles. The average molecular weight is 280 g/mol. The maximum atomic E-state index is 11.2. The molecule has 0 unspecified atom stereocenters. The van der Waals surface area contributed by atoms with E-state index in [2.05, 4.69) is 15.4 Å². The Hall–Kier alpha value is -2.22. The minimum atomic E-state index is -3.07. The smallest absolute Gasteiger partial charge is 0.271 e. The van der Waals surface area contributed by atoms with Crippen molar-refractivity contribution in [2.45, 2.75) is 5.75 Å². The van der Waals surface area contributed by atoms with Crippen LogP contribution in [0.4, 0.5) is 0 Å². The summed E-state index contributed by atoms with van der Waals surface area (Å²) in [6.07, 6.45) is 1.17. The number of sulfone groups is 1. The molecule has 1 amide bonds. The van der Waals surface area contributed by atoms with Gasteiger partial charge >= 0.3 is 0 Å². The fraction of sp³-hybridized carbons (Fsp3) is 0.182. The number of nitrogens with zero attached hydrogens (tertiary/aromatic N) is 2. The molecule has 0 aliphatic heterocycles. The van der Waals surface area contributed by atoms with E-state index < -0.39 is 15.7 Å². The molecule has 2 aromatic rings. The molecule has 0 spiro atoms. The summed E-state index contributed by atoms with van der Waals surface area (Å²) in [6, 6.07) is 6.67. The van der Waals surface area contributed by atoms with Gasteiger partial charge in [-0.15, -0.1) is 0 Å². The van der Waals surface area contributed by atoms with Gasteiger partial charge in [0.25, 0.3) is 5.91 Å². The number of nitrogens with one attached hydrogen (secondary N) is 1. The first-order valence-corrected chi connectivity index (χ1v) is 7.40. The van der Waals surface area contributed by atoms with Gasteiger partial charge in [0.05, 0.1) is 5.75 Å². The Bertz CT molecular complexity index is 704. The van der Waals surface area contributed by atoms with Gasteiger partial charge in [-0.2, -0.15) is 15.4 Å². The monoisotopic (exact) mass is 280 g/mol. The Morgan fingerprint density at radius 3 is 2.42 bits per heavy atom. The average Bonchev–Trinajstić information content (AvgIpc) is 2.76. The lowest BCUT2D eigenvalue weighted by molar-refractivity contribution is 0.0996. The van der Waals surface area contributed by atoms with Crippen molar-refractivity contribution in [3.8, 4) is 11.3 Å². The van der Waals surface area contributed by atoms with Crippen LogP contribution >= 0.6 is 0 Å². The van der Waals surface area contributed by atoms with E-state index in [1.807, 2.05) is 0 Å². The fourth-order valence-electron chi connectivity index (χ4n) is 1.67. The van der Waals surface area contributed by atoms with Crippen molar-refractivity contribution in [1.29, 1.82) is 0 Å². The van der Waals surface area contributed by atoms with Crippen molar-refractivity contribution in [2.24, 2.45) is 5.73 Å². The van der Waals surface area contributed by atoms with Crippen molar-refractivity contribution in [3.05, 3.63) is 35.5 Å². The third-order valence-electron chi connectivity index (χ3n) is 2.44. The van der Waals surface area contributed by atoms with Crippen LogP contribution < -0.4 is 5.73 Å². The topological polar surface area (TPSA) is 119 Å². The molecule has 0 saturated carbocycles. The number of nitrogens with two attached hydrogens (primary N) is 1. The van der Waals surface area contributed by atoms with Gasteiger partial charge in [-0.05, 0) is 5.56 Å². The van der Waals surface area contributed by atoms with Gasteiger partial charge in [0.2, 0.25) is 0 Å². The van der Waals surface area contributed by atoms with Crippen molar-refractivity contribution >= 4 is 15.7 Å². The van der Waals surface area contributed by atoms with E-state index in [-0.39, 0.29) is 11.4 Å². The van der Waals surface area contributed by atoms with Gasteiger partial charge in [-0.1, -0.05) is 24.3 Å². The van der Waals surface area contributed by atoms with Crippen LogP contribution in [0.3, 0.4) is 0 Å². The Balaban J connectivity index is 2.33. The first kappa shape index (κ1) is 13.2. The standard InChI is InChI=1S/C11H12N4O3S/c1-19(17,18)6-7-2-4-8(5-3-7)9-10(11(12)16)14-15-13-9/h2-5H,6H2,1H3,(H2,12,16)(H,13,14,15). The zero-order valence-electron chi connectivity index (χ0n) is 10.1. The Morgan fingerprint density at radius 1 is 1.26 bits per heavy atom. The first-order valence-electron chi connectivity index (χ1n) is 5.34. The van der Waals surface area contributed by atoms with Gasteiger partial charge in [-0.25, -0.2) is 8.42 Å². The summed E-state index contributed by atoms with van der Waals surface area (Å²) in [5, 5.41) is 9.86. The summed E-state index contributed by atoms with van der Waals surface area (Å²) >= 11 is 0. The number of rotatable bonds is 4. The number of primary amides is 1. The molecule has 3 N–H and O–H groups in total. The van der Waals surface area contributed by atoms with Crippen LogP contribution in [0, 0.1) is 0 Å². The molecular formula is C11H12N4O3S. The van der Waals surface area contributed by atoms with Gasteiger partial charge < -0.3 is 5.73 Å². The minimum absolute atomic E-state index is 0.0330. The van der Waals surface area contributed by atoms with Gasteiger partial charge in [0.1, 0.15) is 5.69 Å². The molecule has 8 heteroatoms. The van der Waals surface area contributed by atoms with Crippen LogP contribution in [-0.4, -0.2) is 36.0 Å². The molecule has 0 bridgehead atoms. The molecule has 0 fully saturated rings. The number of benzene rings is 1. The molecule has 0 aliphatic carbocycles. The Morgan fingerprint density at radius 2 is 1.89 bits per heavy atom. The second-order valence-electron chi connectivity index (χ2n) is 4.15. The van der Waals surface area contributed by atoms with E-state index in [0.29, 0.717) is 16.8 Å². The van der Waals surface area contributed by atoms with Crippen LogP contribution in [0.15, 0.2) is 24.3 Å². The van der Waals surface area contributed by atoms with Crippen LogP contribution in [0.2, 0.25) is 0 Å². The lowest BCUT2D eigenvalue weighted by atomic mass is 10.1. The van der Waals surface area contributed by atoms with E-state index in [1.54, 1.807) is 24.3 Å². The van der Waals surface area contributed by atoms with E-state index in [1.165, 1.54) is 6.26 Å². The Labute approximate surface area is 109 Å². The molecular weight excluding hydrogens is 268 g/mol. The second-order valence-corrected chi connectivity index (χ2v) is 6.29. The summed E-state index contributed by atoms with van der Waals surface area (Å²) < 4.78 is 22.3. The van der Waals surface area contributed by atoms with Gasteiger partial charge in [0, 0.05) is 11.8 Å². The molecule has 19 heavy (non-hydrogen) atoms. The largest absolute Gasteiger partial charge is 0.364 e. The first-order chi connectivity index (χ1) is 8.87. The highest BCUT2D eigenvalue weighted by Gasteiger charge is 2.15. The molecule has 1 aromatic carbocycles. The molecule has 2 rings (SSSR count). The SMILES string of the molecule is CS(=O)(=O)Cc1ccc(-c2n[nH]nc2C(N)=O)cc1. The number of carbonyl (C=O) groups excluding carboxylic acids is 1. The van der Waals surface area contributed by atoms with Crippen LogP contribution in [0.25, 0.3) is 11.3 Å². The van der Waals surface area contributed by atoms with E-state index in [9.17, 15) is 13.2 Å².